The Morgan fingerprint density at radius 1 is 0.884 bits per heavy atom. The highest BCUT2D eigenvalue weighted by molar-refractivity contribution is 5.79. The van der Waals surface area contributed by atoms with Crippen molar-refractivity contribution >= 4 is 5.91 Å². The Hall–Kier alpha value is -4.17. The monoisotopic (exact) mass is 588 g/mol. The second-order valence-electron chi connectivity index (χ2n) is 11.2. The van der Waals surface area contributed by atoms with Gasteiger partial charge in [-0.25, -0.2) is 4.39 Å². The van der Waals surface area contributed by atoms with E-state index in [9.17, 15) is 22.4 Å². The third-order valence-electron chi connectivity index (χ3n) is 8.67. The lowest BCUT2D eigenvalue weighted by Crippen LogP contribution is -2.48. The van der Waals surface area contributed by atoms with Crippen molar-refractivity contribution in [3.63, 3.8) is 0 Å². The maximum absolute atomic E-state index is 14.9. The molecule has 0 fully saturated rings. The minimum absolute atomic E-state index is 0.0650. The Bertz CT molecular complexity index is 1640. The van der Waals surface area contributed by atoms with E-state index in [1.165, 1.54) is 18.2 Å². The molecule has 4 aromatic carbocycles. The molecule has 4 nitrogen and oxygen atoms in total. The van der Waals surface area contributed by atoms with Gasteiger partial charge in [-0.05, 0) is 71.3 Å². The molecule has 0 aromatic heterocycles. The van der Waals surface area contributed by atoms with E-state index in [4.69, 9.17) is 4.74 Å². The van der Waals surface area contributed by atoms with Crippen molar-refractivity contribution in [3.8, 4) is 5.75 Å². The highest BCUT2D eigenvalue weighted by Crippen LogP contribution is 2.42. The van der Waals surface area contributed by atoms with E-state index < -0.39 is 23.6 Å². The number of ether oxygens (including phenoxy) is 1. The van der Waals surface area contributed by atoms with Crippen LogP contribution >= 0.6 is 0 Å². The molecule has 6 rings (SSSR count). The molecule has 2 aliphatic rings. The van der Waals surface area contributed by atoms with E-state index in [0.29, 0.717) is 31.4 Å². The average molecular weight is 589 g/mol. The van der Waals surface area contributed by atoms with Crippen LogP contribution in [0.2, 0.25) is 0 Å². The molecule has 2 unspecified atom stereocenters. The third kappa shape index (κ3) is 5.89. The number of hydrogen-bond acceptors (Lipinski definition) is 3. The number of carbonyl (C=O) groups excluding carboxylic acids is 1. The summed E-state index contributed by atoms with van der Waals surface area (Å²) in [5.41, 5.74) is 3.71. The van der Waals surface area contributed by atoms with E-state index in [-0.39, 0.29) is 30.6 Å². The standard InChI is InChI=1S/C35H32F4N2O2/c1-43-28-15-14-24-18-27(19-26(24)20-28)41(21-25-9-3-7-13-32(25)36)33(42)22-40-17-16-23-8-2-4-10-29(23)34(40)30-11-5-6-12-31(30)35(37,38)39/h2-15,20,27,34H,16-19,21-22H2,1H3. The second kappa shape index (κ2) is 11.8. The van der Waals surface area contributed by atoms with E-state index >= 15 is 0 Å². The lowest BCUT2D eigenvalue weighted by atomic mass is 9.86. The first-order chi connectivity index (χ1) is 20.7. The fourth-order valence-corrected chi connectivity index (χ4v) is 6.56. The van der Waals surface area contributed by atoms with Gasteiger partial charge in [0, 0.05) is 24.7 Å². The van der Waals surface area contributed by atoms with Crippen LogP contribution in [0.1, 0.15) is 45.0 Å². The highest BCUT2D eigenvalue weighted by atomic mass is 19.4. The number of hydrogen-bond donors (Lipinski definition) is 0. The molecule has 222 valence electrons. The Morgan fingerprint density at radius 3 is 2.35 bits per heavy atom. The minimum atomic E-state index is -4.55. The predicted molar refractivity (Wildman–Crippen MR) is 156 cm³/mol. The van der Waals surface area contributed by atoms with E-state index in [2.05, 4.69) is 0 Å². The van der Waals surface area contributed by atoms with Gasteiger partial charge < -0.3 is 9.64 Å². The number of alkyl halides is 3. The summed E-state index contributed by atoms with van der Waals surface area (Å²) in [7, 11) is 1.60. The van der Waals surface area contributed by atoms with Crippen LogP contribution in [-0.4, -0.2) is 41.9 Å². The van der Waals surface area contributed by atoms with Crippen LogP contribution in [0.4, 0.5) is 17.6 Å². The van der Waals surface area contributed by atoms with Crippen LogP contribution in [0.5, 0.6) is 5.75 Å². The van der Waals surface area contributed by atoms with Crippen LogP contribution in [-0.2, 0) is 36.8 Å². The molecule has 0 radical (unpaired) electrons. The summed E-state index contributed by atoms with van der Waals surface area (Å²) in [6.07, 6.45) is -2.76. The third-order valence-corrected chi connectivity index (χ3v) is 8.67. The van der Waals surface area contributed by atoms with Gasteiger partial charge in [0.1, 0.15) is 11.6 Å². The van der Waals surface area contributed by atoms with Gasteiger partial charge in [-0.3, -0.25) is 9.69 Å². The van der Waals surface area contributed by atoms with Crippen LogP contribution < -0.4 is 4.74 Å². The normalized spacial score (nSPS) is 18.2. The molecule has 0 bridgehead atoms. The molecule has 0 saturated carbocycles. The van der Waals surface area contributed by atoms with Gasteiger partial charge in [-0.1, -0.05) is 66.7 Å². The number of nitrogens with zero attached hydrogens (tertiary/aromatic N) is 2. The second-order valence-corrected chi connectivity index (χ2v) is 11.2. The van der Waals surface area contributed by atoms with Crippen molar-refractivity contribution in [2.45, 2.75) is 44.1 Å². The average Bonchev–Trinajstić information content (AvgIpc) is 3.43. The molecule has 43 heavy (non-hydrogen) atoms. The number of fused-ring (bicyclic) bond motifs is 2. The molecule has 0 saturated heterocycles. The predicted octanol–water partition coefficient (Wildman–Crippen LogP) is 7.00. The van der Waals surface area contributed by atoms with Crippen molar-refractivity contribution in [1.29, 1.82) is 0 Å². The number of carbonyl (C=O) groups is 1. The molecule has 1 amide bonds. The summed E-state index contributed by atoms with van der Waals surface area (Å²) < 4.78 is 62.9. The quantitative estimate of drug-likeness (QED) is 0.218. The van der Waals surface area contributed by atoms with Crippen molar-refractivity contribution < 1.29 is 27.1 Å². The topological polar surface area (TPSA) is 32.8 Å². The summed E-state index contributed by atoms with van der Waals surface area (Å²) in [6.45, 7) is 0.376. The molecular weight excluding hydrogens is 556 g/mol. The molecule has 8 heteroatoms. The maximum Gasteiger partial charge on any atom is 0.416 e. The largest absolute Gasteiger partial charge is 0.497 e. The van der Waals surface area contributed by atoms with Gasteiger partial charge in [0.05, 0.1) is 25.3 Å². The first-order valence-electron chi connectivity index (χ1n) is 14.4. The smallest absolute Gasteiger partial charge is 0.416 e. The first-order valence-corrected chi connectivity index (χ1v) is 14.4. The Balaban J connectivity index is 1.35. The zero-order valence-corrected chi connectivity index (χ0v) is 23.8. The Kier molecular flexibility index (Phi) is 7.97. The number of halogens is 4. The molecular formula is C35H32F4N2O2. The number of methoxy groups -OCH3 is 1. The van der Waals surface area contributed by atoms with Crippen molar-refractivity contribution in [1.82, 2.24) is 9.80 Å². The van der Waals surface area contributed by atoms with Gasteiger partial charge in [-0.15, -0.1) is 0 Å². The molecule has 0 N–H and O–H groups in total. The summed E-state index contributed by atoms with van der Waals surface area (Å²) >= 11 is 0. The summed E-state index contributed by atoms with van der Waals surface area (Å²) in [5, 5.41) is 0. The first kappa shape index (κ1) is 28.9. The van der Waals surface area contributed by atoms with Crippen LogP contribution in [0.3, 0.4) is 0 Å². The molecule has 4 aromatic rings. The SMILES string of the molecule is COc1ccc2c(c1)CC(N(Cc1ccccc1F)C(=O)CN1CCc3ccccc3C1c1ccccc1C(F)(F)F)C2. The van der Waals surface area contributed by atoms with Gasteiger partial charge >= 0.3 is 6.18 Å². The molecule has 2 atom stereocenters. The van der Waals surface area contributed by atoms with Crippen LogP contribution in [0.15, 0.2) is 91.0 Å². The van der Waals surface area contributed by atoms with Crippen molar-refractivity contribution in [2.75, 3.05) is 20.2 Å². The van der Waals surface area contributed by atoms with Gasteiger partial charge in [0.25, 0.3) is 0 Å². The van der Waals surface area contributed by atoms with E-state index in [1.54, 1.807) is 36.3 Å². The Morgan fingerprint density at radius 2 is 1.58 bits per heavy atom. The number of benzene rings is 4. The minimum Gasteiger partial charge on any atom is -0.497 e. The summed E-state index contributed by atoms with van der Waals surface area (Å²) in [6, 6.07) is 24.3. The van der Waals surface area contributed by atoms with Gasteiger partial charge in [0.2, 0.25) is 5.91 Å². The van der Waals surface area contributed by atoms with Crippen LogP contribution in [0, 0.1) is 5.82 Å². The summed E-state index contributed by atoms with van der Waals surface area (Å²) in [5.74, 6) is 0.0767. The zero-order valence-electron chi connectivity index (χ0n) is 23.8. The van der Waals surface area contributed by atoms with Crippen molar-refractivity contribution in [2.24, 2.45) is 0 Å². The van der Waals surface area contributed by atoms with E-state index in [0.717, 1.165) is 34.1 Å². The lowest BCUT2D eigenvalue weighted by molar-refractivity contribution is -0.138. The van der Waals surface area contributed by atoms with Gasteiger partial charge in [0.15, 0.2) is 0 Å². The Labute approximate surface area is 248 Å². The number of rotatable bonds is 7. The molecule has 1 aliphatic heterocycles. The summed E-state index contributed by atoms with van der Waals surface area (Å²) in [4.78, 5) is 17.8. The van der Waals surface area contributed by atoms with Crippen LogP contribution in [0.25, 0.3) is 0 Å². The molecule has 0 spiro atoms. The lowest BCUT2D eigenvalue weighted by Gasteiger charge is -2.40. The van der Waals surface area contributed by atoms with Gasteiger partial charge in [-0.2, -0.15) is 13.2 Å². The fourth-order valence-electron chi connectivity index (χ4n) is 6.56. The fraction of sp³-hybridized carbons (Fsp3) is 0.286. The maximum atomic E-state index is 14.9. The highest BCUT2D eigenvalue weighted by Gasteiger charge is 2.40. The number of amides is 1. The van der Waals surface area contributed by atoms with E-state index in [1.807, 2.05) is 47.4 Å². The molecule has 1 heterocycles. The zero-order chi connectivity index (χ0) is 30.1. The molecule has 1 aliphatic carbocycles. The van der Waals surface area contributed by atoms with Crippen molar-refractivity contribution in [3.05, 3.63) is 136 Å².